The highest BCUT2D eigenvalue weighted by Crippen LogP contribution is 2.04. The molecular formula is C11H16N2O2. The number of carboxylic acid groups (broad SMARTS) is 1. The van der Waals surface area contributed by atoms with Crippen LogP contribution in [-0.4, -0.2) is 28.7 Å². The van der Waals surface area contributed by atoms with Crippen LogP contribution in [0.15, 0.2) is 30.3 Å². The molecule has 1 rings (SSSR count). The number of benzene rings is 1. The second-order valence-electron chi connectivity index (χ2n) is 3.63. The fraction of sp³-hybridized carbons (Fsp3) is 0.364. The Bertz CT molecular complexity index is 312. The molecule has 0 saturated carbocycles. The summed E-state index contributed by atoms with van der Waals surface area (Å²) in [5, 5.41) is 8.95. The van der Waals surface area contributed by atoms with E-state index in [1.165, 1.54) is 4.90 Å². The number of hydrogen-bond donors (Lipinski definition) is 2. The first-order valence-electron chi connectivity index (χ1n) is 4.87. The van der Waals surface area contributed by atoms with Crippen molar-refractivity contribution in [3.8, 4) is 0 Å². The highest BCUT2D eigenvalue weighted by Gasteiger charge is 2.13. The normalized spacial score (nSPS) is 12.1. The molecule has 1 unspecified atom stereocenters. The molecule has 0 saturated heterocycles. The number of carbonyl (C=O) groups is 1. The van der Waals surface area contributed by atoms with E-state index in [0.29, 0.717) is 13.1 Å². The molecule has 0 radical (unpaired) electrons. The Hall–Kier alpha value is -1.55. The SMILES string of the molecule is CC(N)CN(Cc1ccccc1)C(=O)O. The molecule has 0 bridgehead atoms. The number of hydrogen-bond acceptors (Lipinski definition) is 2. The van der Waals surface area contributed by atoms with Gasteiger partial charge in [-0.3, -0.25) is 0 Å². The van der Waals surface area contributed by atoms with Gasteiger partial charge in [0.2, 0.25) is 0 Å². The maximum atomic E-state index is 10.9. The van der Waals surface area contributed by atoms with E-state index in [-0.39, 0.29) is 6.04 Å². The summed E-state index contributed by atoms with van der Waals surface area (Å²) in [6.45, 7) is 2.53. The van der Waals surface area contributed by atoms with Crippen molar-refractivity contribution in [1.82, 2.24) is 4.90 Å². The summed E-state index contributed by atoms with van der Waals surface area (Å²) in [5.74, 6) is 0. The Morgan fingerprint density at radius 2 is 2.07 bits per heavy atom. The number of nitrogens with zero attached hydrogens (tertiary/aromatic N) is 1. The molecular weight excluding hydrogens is 192 g/mol. The molecule has 1 aromatic rings. The highest BCUT2D eigenvalue weighted by molar-refractivity contribution is 5.65. The molecule has 0 aliphatic heterocycles. The van der Waals surface area contributed by atoms with Gasteiger partial charge in [0.1, 0.15) is 0 Å². The Kier molecular flexibility index (Phi) is 4.12. The molecule has 15 heavy (non-hydrogen) atoms. The van der Waals surface area contributed by atoms with Gasteiger partial charge in [-0.1, -0.05) is 30.3 Å². The van der Waals surface area contributed by atoms with Crippen LogP contribution in [0.1, 0.15) is 12.5 Å². The smallest absolute Gasteiger partial charge is 0.407 e. The fourth-order valence-corrected chi connectivity index (χ4v) is 1.36. The maximum absolute atomic E-state index is 10.9. The molecule has 0 aromatic heterocycles. The van der Waals surface area contributed by atoms with Gasteiger partial charge in [0.05, 0.1) is 0 Å². The van der Waals surface area contributed by atoms with Crippen molar-refractivity contribution in [2.75, 3.05) is 6.54 Å². The molecule has 1 amide bonds. The summed E-state index contributed by atoms with van der Waals surface area (Å²) in [5.41, 5.74) is 6.55. The average Bonchev–Trinajstić information content (AvgIpc) is 2.17. The van der Waals surface area contributed by atoms with Gasteiger partial charge in [-0.2, -0.15) is 0 Å². The van der Waals surface area contributed by atoms with Crippen LogP contribution in [0.5, 0.6) is 0 Å². The zero-order valence-corrected chi connectivity index (χ0v) is 8.76. The van der Waals surface area contributed by atoms with Crippen molar-refractivity contribution in [2.45, 2.75) is 19.5 Å². The van der Waals surface area contributed by atoms with E-state index < -0.39 is 6.09 Å². The van der Waals surface area contributed by atoms with Gasteiger partial charge in [-0.15, -0.1) is 0 Å². The topological polar surface area (TPSA) is 66.6 Å². The second-order valence-corrected chi connectivity index (χ2v) is 3.63. The van der Waals surface area contributed by atoms with Gasteiger partial charge in [0.25, 0.3) is 0 Å². The first-order valence-corrected chi connectivity index (χ1v) is 4.87. The standard InChI is InChI=1S/C11H16N2O2/c1-9(12)7-13(11(14)15)8-10-5-3-2-4-6-10/h2-6,9H,7-8,12H2,1H3,(H,14,15). The third kappa shape index (κ3) is 3.99. The first-order chi connectivity index (χ1) is 7.09. The largest absolute Gasteiger partial charge is 0.465 e. The van der Waals surface area contributed by atoms with Crippen molar-refractivity contribution in [1.29, 1.82) is 0 Å². The number of nitrogens with two attached hydrogens (primary N) is 1. The van der Waals surface area contributed by atoms with Crippen LogP contribution < -0.4 is 5.73 Å². The Labute approximate surface area is 89.3 Å². The molecule has 0 heterocycles. The third-order valence-corrected chi connectivity index (χ3v) is 2.00. The lowest BCUT2D eigenvalue weighted by Crippen LogP contribution is -2.38. The quantitative estimate of drug-likeness (QED) is 0.788. The highest BCUT2D eigenvalue weighted by atomic mass is 16.4. The van der Waals surface area contributed by atoms with Gasteiger partial charge >= 0.3 is 6.09 Å². The Balaban J connectivity index is 2.63. The van der Waals surface area contributed by atoms with E-state index in [0.717, 1.165) is 5.56 Å². The first kappa shape index (κ1) is 11.5. The van der Waals surface area contributed by atoms with Gasteiger partial charge in [-0.25, -0.2) is 4.79 Å². The van der Waals surface area contributed by atoms with Crippen molar-refractivity contribution in [2.24, 2.45) is 5.73 Å². The molecule has 0 spiro atoms. The average molecular weight is 208 g/mol. The van der Waals surface area contributed by atoms with Crippen LogP contribution in [-0.2, 0) is 6.54 Å². The monoisotopic (exact) mass is 208 g/mol. The zero-order valence-electron chi connectivity index (χ0n) is 8.76. The van der Waals surface area contributed by atoms with Gasteiger partial charge < -0.3 is 15.7 Å². The number of rotatable bonds is 4. The molecule has 4 nitrogen and oxygen atoms in total. The fourth-order valence-electron chi connectivity index (χ4n) is 1.36. The van der Waals surface area contributed by atoms with Crippen molar-refractivity contribution >= 4 is 6.09 Å². The Morgan fingerprint density at radius 1 is 1.47 bits per heavy atom. The summed E-state index contributed by atoms with van der Waals surface area (Å²) in [6, 6.07) is 9.33. The second kappa shape index (κ2) is 5.36. The van der Waals surface area contributed by atoms with Crippen LogP contribution in [0.2, 0.25) is 0 Å². The summed E-state index contributed by atoms with van der Waals surface area (Å²) in [7, 11) is 0. The van der Waals surface area contributed by atoms with Crippen LogP contribution in [0.3, 0.4) is 0 Å². The van der Waals surface area contributed by atoms with Gasteiger partial charge in [-0.05, 0) is 12.5 Å². The summed E-state index contributed by atoms with van der Waals surface area (Å²) < 4.78 is 0. The zero-order chi connectivity index (χ0) is 11.3. The van der Waals surface area contributed by atoms with E-state index in [2.05, 4.69) is 0 Å². The summed E-state index contributed by atoms with van der Waals surface area (Å²) in [4.78, 5) is 12.2. The molecule has 4 heteroatoms. The van der Waals surface area contributed by atoms with Crippen molar-refractivity contribution in [3.63, 3.8) is 0 Å². The predicted molar refractivity (Wildman–Crippen MR) is 58.5 cm³/mol. The minimum Gasteiger partial charge on any atom is -0.465 e. The van der Waals surface area contributed by atoms with E-state index in [1.54, 1.807) is 6.92 Å². The van der Waals surface area contributed by atoms with Gasteiger partial charge in [0.15, 0.2) is 0 Å². The summed E-state index contributed by atoms with van der Waals surface area (Å²) >= 11 is 0. The molecule has 0 aliphatic rings. The lowest BCUT2D eigenvalue weighted by Gasteiger charge is -2.21. The van der Waals surface area contributed by atoms with Crippen LogP contribution in [0, 0.1) is 0 Å². The van der Waals surface area contributed by atoms with Crippen molar-refractivity contribution < 1.29 is 9.90 Å². The summed E-state index contributed by atoms with van der Waals surface area (Å²) in [6.07, 6.45) is -0.934. The van der Waals surface area contributed by atoms with E-state index in [4.69, 9.17) is 10.8 Å². The molecule has 0 fully saturated rings. The molecule has 3 N–H and O–H groups in total. The van der Waals surface area contributed by atoms with Crippen LogP contribution in [0.25, 0.3) is 0 Å². The lowest BCUT2D eigenvalue weighted by molar-refractivity contribution is 0.140. The molecule has 0 aliphatic carbocycles. The van der Waals surface area contributed by atoms with E-state index >= 15 is 0 Å². The van der Waals surface area contributed by atoms with E-state index in [9.17, 15) is 4.79 Å². The minimum absolute atomic E-state index is 0.148. The van der Waals surface area contributed by atoms with Crippen LogP contribution >= 0.6 is 0 Å². The Morgan fingerprint density at radius 3 is 2.53 bits per heavy atom. The minimum atomic E-state index is -0.934. The van der Waals surface area contributed by atoms with E-state index in [1.807, 2.05) is 30.3 Å². The van der Waals surface area contributed by atoms with Crippen LogP contribution in [0.4, 0.5) is 4.79 Å². The maximum Gasteiger partial charge on any atom is 0.407 e. The third-order valence-electron chi connectivity index (χ3n) is 2.00. The molecule has 1 atom stereocenters. The lowest BCUT2D eigenvalue weighted by atomic mass is 10.2. The molecule has 82 valence electrons. The number of amides is 1. The molecule has 1 aromatic carbocycles. The van der Waals surface area contributed by atoms with Crippen molar-refractivity contribution in [3.05, 3.63) is 35.9 Å². The van der Waals surface area contributed by atoms with Gasteiger partial charge in [0, 0.05) is 19.1 Å². The predicted octanol–water partition coefficient (Wildman–Crippen LogP) is 1.51.